The lowest BCUT2D eigenvalue weighted by Gasteiger charge is -2.13. The van der Waals surface area contributed by atoms with Crippen molar-refractivity contribution in [2.45, 2.75) is 26.8 Å². The number of ether oxygens (including phenoxy) is 2. The van der Waals surface area contributed by atoms with Crippen molar-refractivity contribution in [3.63, 3.8) is 0 Å². The first kappa shape index (κ1) is 17.7. The minimum atomic E-state index is -0.355. The van der Waals surface area contributed by atoms with Gasteiger partial charge in [0, 0.05) is 36.2 Å². The Bertz CT molecular complexity index is 954. The molecule has 0 spiro atoms. The molecule has 134 valence electrons. The largest absolute Gasteiger partial charge is 0.496 e. The number of carbonyl (C=O) groups excluding carboxylic acids is 1. The third kappa shape index (κ3) is 3.91. The second kappa shape index (κ2) is 7.39. The van der Waals surface area contributed by atoms with Crippen LogP contribution >= 0.6 is 0 Å². The zero-order valence-electron chi connectivity index (χ0n) is 15.2. The molecule has 1 N–H and O–H groups in total. The van der Waals surface area contributed by atoms with Gasteiger partial charge < -0.3 is 14.8 Å². The van der Waals surface area contributed by atoms with Crippen LogP contribution in [0.25, 0.3) is 22.0 Å². The number of carbonyl (C=O) groups is 1. The smallest absolute Gasteiger partial charge is 0.308 e. The summed E-state index contributed by atoms with van der Waals surface area (Å²) in [5.41, 5.74) is 2.55. The topological polar surface area (TPSA) is 73.3 Å². The maximum absolute atomic E-state index is 11.2. The van der Waals surface area contributed by atoms with E-state index in [4.69, 9.17) is 9.47 Å². The van der Waals surface area contributed by atoms with Crippen molar-refractivity contribution in [3.8, 4) is 22.6 Å². The zero-order valence-corrected chi connectivity index (χ0v) is 15.2. The second-order valence-electron chi connectivity index (χ2n) is 6.23. The van der Waals surface area contributed by atoms with E-state index >= 15 is 0 Å². The van der Waals surface area contributed by atoms with Crippen LogP contribution in [0.15, 0.2) is 42.6 Å². The molecule has 0 saturated heterocycles. The molecule has 1 aromatic heterocycles. The Morgan fingerprint density at radius 1 is 1.19 bits per heavy atom. The van der Waals surface area contributed by atoms with Gasteiger partial charge in [-0.25, -0.2) is 9.97 Å². The van der Waals surface area contributed by atoms with E-state index < -0.39 is 0 Å². The van der Waals surface area contributed by atoms with Gasteiger partial charge in [-0.3, -0.25) is 4.79 Å². The van der Waals surface area contributed by atoms with Crippen LogP contribution < -0.4 is 14.8 Å². The number of benzene rings is 2. The SMILES string of the molecule is COc1cc2nc(NC(C)C)ncc2cc1-c1cccc(OC(C)=O)c1. The fourth-order valence-electron chi connectivity index (χ4n) is 2.68. The molecule has 6 nitrogen and oxygen atoms in total. The number of hydrogen-bond donors (Lipinski definition) is 1. The van der Waals surface area contributed by atoms with Crippen molar-refractivity contribution in [1.29, 1.82) is 0 Å². The van der Waals surface area contributed by atoms with Gasteiger partial charge in [0.25, 0.3) is 0 Å². The summed E-state index contributed by atoms with van der Waals surface area (Å²) in [5, 5.41) is 4.09. The highest BCUT2D eigenvalue weighted by Crippen LogP contribution is 2.35. The van der Waals surface area contributed by atoms with E-state index in [0.717, 1.165) is 22.0 Å². The molecule has 2 aromatic carbocycles. The summed E-state index contributed by atoms with van der Waals surface area (Å²) in [6.45, 7) is 5.45. The highest BCUT2D eigenvalue weighted by Gasteiger charge is 2.11. The van der Waals surface area contributed by atoms with Gasteiger partial charge in [-0.05, 0) is 37.6 Å². The monoisotopic (exact) mass is 351 g/mol. The number of aromatic nitrogens is 2. The molecular weight excluding hydrogens is 330 g/mol. The number of fused-ring (bicyclic) bond motifs is 1. The highest BCUT2D eigenvalue weighted by molar-refractivity contribution is 5.88. The summed E-state index contributed by atoms with van der Waals surface area (Å²) in [6, 6.07) is 11.4. The normalized spacial score (nSPS) is 10.8. The predicted octanol–water partition coefficient (Wildman–Crippen LogP) is 4.05. The minimum absolute atomic E-state index is 0.248. The number of nitrogens with one attached hydrogen (secondary N) is 1. The van der Waals surface area contributed by atoms with Crippen LogP contribution in [0.4, 0.5) is 5.95 Å². The highest BCUT2D eigenvalue weighted by atomic mass is 16.5. The summed E-state index contributed by atoms with van der Waals surface area (Å²) in [4.78, 5) is 20.1. The van der Waals surface area contributed by atoms with Crippen LogP contribution in [0, 0.1) is 0 Å². The van der Waals surface area contributed by atoms with Crippen molar-refractivity contribution < 1.29 is 14.3 Å². The first-order valence-electron chi connectivity index (χ1n) is 8.36. The molecule has 0 fully saturated rings. The fraction of sp³-hybridized carbons (Fsp3) is 0.250. The molecule has 3 rings (SSSR count). The molecule has 1 heterocycles. The summed E-state index contributed by atoms with van der Waals surface area (Å²) in [6.07, 6.45) is 1.78. The lowest BCUT2D eigenvalue weighted by Crippen LogP contribution is -2.12. The van der Waals surface area contributed by atoms with Crippen LogP contribution in [0.5, 0.6) is 11.5 Å². The number of anilines is 1. The van der Waals surface area contributed by atoms with Gasteiger partial charge >= 0.3 is 5.97 Å². The molecule has 3 aromatic rings. The first-order chi connectivity index (χ1) is 12.5. The molecule has 0 aliphatic rings. The lowest BCUT2D eigenvalue weighted by molar-refractivity contribution is -0.131. The first-order valence-corrected chi connectivity index (χ1v) is 8.36. The fourth-order valence-corrected chi connectivity index (χ4v) is 2.68. The molecular formula is C20H21N3O3. The van der Waals surface area contributed by atoms with Gasteiger partial charge in [-0.2, -0.15) is 0 Å². The van der Waals surface area contributed by atoms with Crippen molar-refractivity contribution in [3.05, 3.63) is 42.6 Å². The molecule has 0 atom stereocenters. The Kier molecular flexibility index (Phi) is 5.02. The third-order valence-corrected chi connectivity index (χ3v) is 3.73. The molecule has 0 unspecified atom stereocenters. The number of hydrogen-bond acceptors (Lipinski definition) is 6. The Balaban J connectivity index is 2.07. The average molecular weight is 351 g/mol. The van der Waals surface area contributed by atoms with Crippen molar-refractivity contribution in [2.24, 2.45) is 0 Å². The molecule has 0 aliphatic carbocycles. The van der Waals surface area contributed by atoms with Gasteiger partial charge in [0.15, 0.2) is 0 Å². The van der Waals surface area contributed by atoms with Crippen LogP contribution in [0.3, 0.4) is 0 Å². The number of rotatable bonds is 5. The van der Waals surface area contributed by atoms with Gasteiger partial charge in [0.1, 0.15) is 11.5 Å². The van der Waals surface area contributed by atoms with E-state index in [1.807, 2.05) is 38.1 Å². The van der Waals surface area contributed by atoms with Crippen LogP contribution in [0.2, 0.25) is 0 Å². The van der Waals surface area contributed by atoms with E-state index in [9.17, 15) is 4.79 Å². The Morgan fingerprint density at radius 3 is 2.69 bits per heavy atom. The summed E-state index contributed by atoms with van der Waals surface area (Å²) >= 11 is 0. The van der Waals surface area contributed by atoms with E-state index in [1.165, 1.54) is 6.92 Å². The van der Waals surface area contributed by atoms with Crippen molar-refractivity contribution in [1.82, 2.24) is 9.97 Å². The zero-order chi connectivity index (χ0) is 18.7. The van der Waals surface area contributed by atoms with E-state index in [2.05, 4.69) is 15.3 Å². The van der Waals surface area contributed by atoms with Crippen molar-refractivity contribution in [2.75, 3.05) is 12.4 Å². The molecule has 6 heteroatoms. The Labute approximate surface area is 152 Å². The Morgan fingerprint density at radius 2 is 2.00 bits per heavy atom. The summed E-state index contributed by atoms with van der Waals surface area (Å²) < 4.78 is 10.7. The van der Waals surface area contributed by atoms with Gasteiger partial charge in [-0.1, -0.05) is 12.1 Å². The van der Waals surface area contributed by atoms with Gasteiger partial charge in [0.2, 0.25) is 5.95 Å². The molecule has 0 bridgehead atoms. The van der Waals surface area contributed by atoms with Crippen molar-refractivity contribution >= 4 is 22.8 Å². The second-order valence-corrected chi connectivity index (χ2v) is 6.23. The molecule has 26 heavy (non-hydrogen) atoms. The van der Waals surface area contributed by atoms with Gasteiger partial charge in [0.05, 0.1) is 12.6 Å². The molecule has 0 radical (unpaired) electrons. The Hall–Kier alpha value is -3.15. The third-order valence-electron chi connectivity index (χ3n) is 3.73. The predicted molar refractivity (Wildman–Crippen MR) is 102 cm³/mol. The summed E-state index contributed by atoms with van der Waals surface area (Å²) in [7, 11) is 1.62. The molecule has 0 amide bonds. The van der Waals surface area contributed by atoms with Crippen LogP contribution in [0.1, 0.15) is 20.8 Å². The van der Waals surface area contributed by atoms with Crippen LogP contribution in [-0.4, -0.2) is 29.1 Å². The van der Waals surface area contributed by atoms with E-state index in [0.29, 0.717) is 17.4 Å². The maximum Gasteiger partial charge on any atom is 0.308 e. The average Bonchev–Trinajstić information content (AvgIpc) is 2.59. The quantitative estimate of drug-likeness (QED) is 0.552. The molecule has 0 saturated carbocycles. The standard InChI is InChI=1S/C20H21N3O3/c1-12(2)22-20-21-11-15-9-17(19(25-4)10-18(15)23-20)14-6-5-7-16(8-14)26-13(3)24/h5-12H,1-4H3,(H,21,22,23). The minimum Gasteiger partial charge on any atom is -0.496 e. The number of nitrogens with zero attached hydrogens (tertiary/aromatic N) is 2. The van der Waals surface area contributed by atoms with Gasteiger partial charge in [-0.15, -0.1) is 0 Å². The maximum atomic E-state index is 11.2. The number of esters is 1. The summed E-state index contributed by atoms with van der Waals surface area (Å²) in [5.74, 6) is 1.40. The van der Waals surface area contributed by atoms with E-state index in [1.54, 1.807) is 25.4 Å². The lowest BCUT2D eigenvalue weighted by atomic mass is 10.0. The molecule has 0 aliphatic heterocycles. The number of methoxy groups -OCH3 is 1. The van der Waals surface area contributed by atoms with Crippen LogP contribution in [-0.2, 0) is 4.79 Å². The van der Waals surface area contributed by atoms with E-state index in [-0.39, 0.29) is 12.0 Å².